The van der Waals surface area contributed by atoms with E-state index in [0.717, 1.165) is 4.47 Å². The fourth-order valence-electron chi connectivity index (χ4n) is 1.92. The topological polar surface area (TPSA) is 55.2 Å². The minimum absolute atomic E-state index is 0.148. The van der Waals surface area contributed by atoms with Crippen LogP contribution in [0.25, 0.3) is 0 Å². The maximum absolute atomic E-state index is 11.0. The third kappa shape index (κ3) is 3.65. The monoisotopic (exact) mass is 354 g/mol. The van der Waals surface area contributed by atoms with E-state index in [9.17, 15) is 10.1 Å². The van der Waals surface area contributed by atoms with Crippen LogP contribution in [0, 0.1) is 17.0 Å². The van der Waals surface area contributed by atoms with E-state index in [2.05, 4.69) is 47.2 Å². The van der Waals surface area contributed by atoms with Gasteiger partial charge in [0.1, 0.15) is 0 Å². The molecular weight excluding hydrogens is 340 g/mol. The number of aryl methyl sites for hydroxylation is 1. The summed E-state index contributed by atoms with van der Waals surface area (Å²) in [5.41, 5.74) is 0.833. The first-order chi connectivity index (χ1) is 9.47. The minimum atomic E-state index is -0.344. The Hall–Kier alpha value is -1.24. The van der Waals surface area contributed by atoms with E-state index in [-0.39, 0.29) is 16.7 Å². The van der Waals surface area contributed by atoms with Gasteiger partial charge in [0.05, 0.1) is 4.92 Å². The molecule has 0 aliphatic heterocycles. The largest absolute Gasteiger partial charge is 0.305 e. The second-order valence-electron chi connectivity index (χ2n) is 4.58. The first-order valence-electron chi connectivity index (χ1n) is 6.20. The molecule has 0 amide bonds. The normalized spacial score (nSPS) is 12.3. The molecule has 1 unspecified atom stereocenters. The third-order valence-corrected chi connectivity index (χ3v) is 4.70. The molecule has 1 heterocycles. The average molecular weight is 355 g/mol. The van der Waals surface area contributed by atoms with Crippen LogP contribution in [0.5, 0.6) is 0 Å². The highest BCUT2D eigenvalue weighted by atomic mass is 79.9. The molecule has 0 aliphatic carbocycles. The zero-order valence-corrected chi connectivity index (χ0v) is 13.6. The number of thiophene rings is 1. The van der Waals surface area contributed by atoms with E-state index >= 15 is 0 Å². The van der Waals surface area contributed by atoms with Gasteiger partial charge in [0.2, 0.25) is 0 Å². The number of hydrogen-bond acceptors (Lipinski definition) is 4. The zero-order chi connectivity index (χ0) is 14.7. The number of halogens is 1. The van der Waals surface area contributed by atoms with E-state index in [0.29, 0.717) is 12.1 Å². The lowest BCUT2D eigenvalue weighted by atomic mass is 10.1. The molecule has 106 valence electrons. The van der Waals surface area contributed by atoms with Crippen molar-refractivity contribution >= 4 is 33.0 Å². The Morgan fingerprint density at radius 2 is 2.15 bits per heavy atom. The molecule has 0 aliphatic rings. The van der Waals surface area contributed by atoms with Crippen molar-refractivity contribution in [2.24, 2.45) is 0 Å². The summed E-state index contributed by atoms with van der Waals surface area (Å²) in [4.78, 5) is 13.2. The fraction of sp³-hybridized carbons (Fsp3) is 0.286. The first kappa shape index (κ1) is 15.2. The molecule has 1 aromatic carbocycles. The third-order valence-electron chi connectivity index (χ3n) is 3.02. The van der Waals surface area contributed by atoms with Crippen molar-refractivity contribution in [3.63, 3.8) is 0 Å². The number of rotatable bonds is 5. The minimum Gasteiger partial charge on any atom is -0.305 e. The first-order valence-corrected chi connectivity index (χ1v) is 7.81. The number of nitro groups is 1. The molecule has 2 aromatic rings. The van der Waals surface area contributed by atoms with Crippen LogP contribution in [0.15, 0.2) is 34.8 Å². The summed E-state index contributed by atoms with van der Waals surface area (Å²) in [5, 5.41) is 14.4. The standard InChI is InChI=1S/C14H15BrN2O2S/c1-9-3-6-14(20-9)10(2)16-8-11-7-12(15)4-5-13(11)17(18)19/h3-7,10,16H,8H2,1-2H3. The highest BCUT2D eigenvalue weighted by molar-refractivity contribution is 9.10. The van der Waals surface area contributed by atoms with E-state index in [4.69, 9.17) is 0 Å². The molecule has 0 fully saturated rings. The van der Waals surface area contributed by atoms with Crippen LogP contribution in [0.3, 0.4) is 0 Å². The van der Waals surface area contributed by atoms with E-state index < -0.39 is 0 Å². The van der Waals surface area contributed by atoms with Crippen molar-refractivity contribution in [2.75, 3.05) is 0 Å². The number of nitrogens with one attached hydrogen (secondary N) is 1. The Bertz CT molecular complexity index is 627. The lowest BCUT2D eigenvalue weighted by molar-refractivity contribution is -0.385. The second kappa shape index (κ2) is 6.47. The fourth-order valence-corrected chi connectivity index (χ4v) is 3.24. The molecule has 0 radical (unpaired) electrons. The second-order valence-corrected chi connectivity index (χ2v) is 6.82. The van der Waals surface area contributed by atoms with Crippen molar-refractivity contribution in [2.45, 2.75) is 26.4 Å². The van der Waals surface area contributed by atoms with Gasteiger partial charge in [0.15, 0.2) is 0 Å². The highest BCUT2D eigenvalue weighted by Crippen LogP contribution is 2.25. The summed E-state index contributed by atoms with van der Waals surface area (Å²) in [6.07, 6.45) is 0. The van der Waals surface area contributed by atoms with Crippen LogP contribution >= 0.6 is 27.3 Å². The summed E-state index contributed by atoms with van der Waals surface area (Å²) < 4.78 is 0.847. The van der Waals surface area contributed by atoms with E-state index in [1.807, 2.05) is 0 Å². The SMILES string of the molecule is Cc1ccc(C(C)NCc2cc(Br)ccc2[N+](=O)[O-])s1. The Labute approximate surface area is 130 Å². The molecule has 2 rings (SSSR count). The van der Waals surface area contributed by atoms with Crippen LogP contribution in [-0.2, 0) is 6.54 Å². The van der Waals surface area contributed by atoms with Crippen LogP contribution in [0.1, 0.15) is 28.3 Å². The lowest BCUT2D eigenvalue weighted by Crippen LogP contribution is -2.17. The van der Waals surface area contributed by atoms with Crippen LogP contribution in [-0.4, -0.2) is 4.92 Å². The molecule has 1 N–H and O–H groups in total. The molecule has 6 heteroatoms. The van der Waals surface area contributed by atoms with Crippen LogP contribution < -0.4 is 5.32 Å². The average Bonchev–Trinajstić information content (AvgIpc) is 2.82. The summed E-state index contributed by atoms with van der Waals surface area (Å²) >= 11 is 5.09. The molecule has 1 atom stereocenters. The van der Waals surface area contributed by atoms with Gasteiger partial charge in [0, 0.05) is 38.4 Å². The maximum atomic E-state index is 11.0. The molecule has 4 nitrogen and oxygen atoms in total. The lowest BCUT2D eigenvalue weighted by Gasteiger charge is -2.12. The molecular formula is C14H15BrN2O2S. The van der Waals surface area contributed by atoms with Crippen molar-refractivity contribution in [1.82, 2.24) is 5.32 Å². The predicted octanol–water partition coefficient (Wildman–Crippen LogP) is 4.58. The molecule has 0 saturated heterocycles. The van der Waals surface area contributed by atoms with Crippen LogP contribution in [0.4, 0.5) is 5.69 Å². The van der Waals surface area contributed by atoms with Gasteiger partial charge in [-0.05, 0) is 38.1 Å². The molecule has 20 heavy (non-hydrogen) atoms. The van der Waals surface area contributed by atoms with Crippen molar-refractivity contribution in [1.29, 1.82) is 0 Å². The number of benzene rings is 1. The highest BCUT2D eigenvalue weighted by Gasteiger charge is 2.15. The molecule has 0 spiro atoms. The van der Waals surface area contributed by atoms with Gasteiger partial charge in [-0.15, -0.1) is 11.3 Å². The van der Waals surface area contributed by atoms with Crippen molar-refractivity contribution in [3.05, 3.63) is 60.2 Å². The Balaban J connectivity index is 2.10. The quantitative estimate of drug-likeness (QED) is 0.631. The molecule has 0 bridgehead atoms. The predicted molar refractivity (Wildman–Crippen MR) is 85.1 cm³/mol. The molecule has 1 aromatic heterocycles. The number of nitrogens with zero attached hydrogens (tertiary/aromatic N) is 1. The molecule has 0 saturated carbocycles. The van der Waals surface area contributed by atoms with Gasteiger partial charge in [-0.1, -0.05) is 15.9 Å². The van der Waals surface area contributed by atoms with Gasteiger partial charge in [-0.25, -0.2) is 0 Å². The maximum Gasteiger partial charge on any atom is 0.273 e. The summed E-state index contributed by atoms with van der Waals surface area (Å²) in [7, 11) is 0. The van der Waals surface area contributed by atoms with Gasteiger partial charge >= 0.3 is 0 Å². The number of hydrogen-bond donors (Lipinski definition) is 1. The Morgan fingerprint density at radius 1 is 1.40 bits per heavy atom. The summed E-state index contributed by atoms with van der Waals surface area (Å²) in [6.45, 7) is 4.60. The Morgan fingerprint density at radius 3 is 2.75 bits per heavy atom. The van der Waals surface area contributed by atoms with Gasteiger partial charge in [0.25, 0.3) is 5.69 Å². The van der Waals surface area contributed by atoms with Gasteiger partial charge in [-0.3, -0.25) is 10.1 Å². The van der Waals surface area contributed by atoms with Crippen molar-refractivity contribution in [3.8, 4) is 0 Å². The van der Waals surface area contributed by atoms with E-state index in [1.54, 1.807) is 23.5 Å². The van der Waals surface area contributed by atoms with E-state index in [1.165, 1.54) is 15.8 Å². The van der Waals surface area contributed by atoms with Gasteiger partial charge < -0.3 is 5.32 Å². The zero-order valence-electron chi connectivity index (χ0n) is 11.2. The summed E-state index contributed by atoms with van der Waals surface area (Å²) in [5.74, 6) is 0. The smallest absolute Gasteiger partial charge is 0.273 e. The van der Waals surface area contributed by atoms with Crippen molar-refractivity contribution < 1.29 is 4.92 Å². The summed E-state index contributed by atoms with van der Waals surface area (Å²) in [6, 6.07) is 9.35. The Kier molecular flexibility index (Phi) is 4.91. The number of nitro benzene ring substituents is 1. The van der Waals surface area contributed by atoms with Gasteiger partial charge in [-0.2, -0.15) is 0 Å². The van der Waals surface area contributed by atoms with Crippen LogP contribution in [0.2, 0.25) is 0 Å².